The first-order valence-corrected chi connectivity index (χ1v) is 8.74. The fourth-order valence-corrected chi connectivity index (χ4v) is 6.57. The zero-order valence-electron chi connectivity index (χ0n) is 9.73. The van der Waals surface area contributed by atoms with Crippen molar-refractivity contribution in [1.29, 1.82) is 0 Å². The molecule has 0 radical (unpaired) electrons. The molecule has 0 amide bonds. The van der Waals surface area contributed by atoms with Crippen molar-refractivity contribution in [3.05, 3.63) is 0 Å². The largest absolute Gasteiger partial charge is 0.312 e. The highest BCUT2D eigenvalue weighted by molar-refractivity contribution is 7.19. The molecule has 0 N–H and O–H groups in total. The van der Waals surface area contributed by atoms with E-state index in [1.165, 1.54) is 6.42 Å². The number of rotatable bonds is 6. The summed E-state index contributed by atoms with van der Waals surface area (Å²) in [5.74, 6) is 0. The zero-order chi connectivity index (χ0) is 10.5. The highest BCUT2D eigenvalue weighted by Gasteiger charge is 2.39. The second-order valence-electron chi connectivity index (χ2n) is 3.65. The summed E-state index contributed by atoms with van der Waals surface area (Å²) in [5, 5.41) is 0. The van der Waals surface area contributed by atoms with Gasteiger partial charge >= 0.3 is 0 Å². The van der Waals surface area contributed by atoms with Crippen LogP contribution in [0.5, 0.6) is 0 Å². The molecule has 0 bridgehead atoms. The number of halogens is 1. The van der Waals surface area contributed by atoms with Gasteiger partial charge in [0.05, 0.1) is 0 Å². The Morgan fingerprint density at radius 1 is 1.15 bits per heavy atom. The fourth-order valence-electron chi connectivity index (χ4n) is 1.95. The van der Waals surface area contributed by atoms with Crippen LogP contribution in [0.2, 0.25) is 11.6 Å². The molecular formula is C10H24ClNSi. The van der Waals surface area contributed by atoms with Crippen LogP contribution in [0.15, 0.2) is 0 Å². The second kappa shape index (κ2) is 6.05. The van der Waals surface area contributed by atoms with Crippen LogP contribution >= 0.6 is 11.1 Å². The van der Waals surface area contributed by atoms with Gasteiger partial charge in [0, 0.05) is 0 Å². The Morgan fingerprint density at radius 3 is 1.85 bits per heavy atom. The van der Waals surface area contributed by atoms with E-state index < -0.39 is 7.55 Å². The van der Waals surface area contributed by atoms with Gasteiger partial charge < -0.3 is 4.57 Å². The lowest BCUT2D eigenvalue weighted by atomic mass is 10.4. The summed E-state index contributed by atoms with van der Waals surface area (Å²) in [6.45, 7) is 13.4. The molecular weight excluding hydrogens is 198 g/mol. The first-order chi connectivity index (χ1) is 6.06. The first-order valence-electron chi connectivity index (χ1n) is 5.50. The quantitative estimate of drug-likeness (QED) is 0.487. The molecule has 0 heterocycles. The van der Waals surface area contributed by atoms with Crippen LogP contribution in [0, 0.1) is 0 Å². The lowest BCUT2D eigenvalue weighted by molar-refractivity contribution is 0.458. The predicted octanol–water partition coefficient (Wildman–Crippen LogP) is 3.83. The van der Waals surface area contributed by atoms with E-state index in [-0.39, 0.29) is 0 Å². The Hall–Kier alpha value is 0.467. The molecule has 1 nitrogen and oxygen atoms in total. The van der Waals surface area contributed by atoms with Gasteiger partial charge in [-0.25, -0.2) is 0 Å². The van der Waals surface area contributed by atoms with Crippen molar-refractivity contribution in [2.24, 2.45) is 0 Å². The summed E-state index contributed by atoms with van der Waals surface area (Å²) >= 11 is 6.81. The van der Waals surface area contributed by atoms with E-state index in [2.05, 4.69) is 39.2 Å². The van der Waals surface area contributed by atoms with E-state index in [1.54, 1.807) is 0 Å². The summed E-state index contributed by atoms with van der Waals surface area (Å²) in [6, 6.07) is 1.16. The molecule has 0 spiro atoms. The van der Waals surface area contributed by atoms with Crippen LogP contribution in [0.4, 0.5) is 0 Å². The monoisotopic (exact) mass is 221 g/mol. The summed E-state index contributed by atoms with van der Waals surface area (Å²) < 4.78 is 2.50. The third kappa shape index (κ3) is 2.96. The van der Waals surface area contributed by atoms with Crippen molar-refractivity contribution in [3.8, 4) is 0 Å². The van der Waals surface area contributed by atoms with Crippen LogP contribution in [0.1, 0.15) is 41.0 Å². The minimum absolute atomic E-state index is 0.694. The maximum Gasteiger partial charge on any atom is 0.231 e. The van der Waals surface area contributed by atoms with Gasteiger partial charge in [-0.1, -0.05) is 41.0 Å². The Balaban J connectivity index is 4.57. The predicted molar refractivity (Wildman–Crippen MR) is 64.7 cm³/mol. The minimum atomic E-state index is -1.65. The van der Waals surface area contributed by atoms with Crippen molar-refractivity contribution in [2.45, 2.75) is 52.6 Å². The van der Waals surface area contributed by atoms with E-state index in [4.69, 9.17) is 11.1 Å². The van der Waals surface area contributed by atoms with Crippen LogP contribution in [-0.4, -0.2) is 25.2 Å². The van der Waals surface area contributed by atoms with Crippen LogP contribution in [-0.2, 0) is 0 Å². The SMILES string of the molecule is CCC(C)[Si](Cl)(CC)N(CC)CC. The molecule has 0 aliphatic rings. The molecule has 0 aromatic carbocycles. The standard InChI is InChI=1S/C10H24ClNSi/c1-6-10(5)13(11,9-4)12(7-2)8-3/h10H,6-9H2,1-5H3. The molecule has 0 fully saturated rings. The topological polar surface area (TPSA) is 3.24 Å². The lowest BCUT2D eigenvalue weighted by Gasteiger charge is -2.39. The van der Waals surface area contributed by atoms with Gasteiger partial charge in [0.25, 0.3) is 0 Å². The molecule has 0 saturated heterocycles. The Bertz CT molecular complexity index is 139. The molecule has 2 atom stereocenters. The number of hydrogen-bond acceptors (Lipinski definition) is 1. The Labute approximate surface area is 89.3 Å². The summed E-state index contributed by atoms with van der Waals surface area (Å²) in [4.78, 5) is 0. The van der Waals surface area contributed by atoms with Gasteiger partial charge in [-0.15, -0.1) is 11.1 Å². The first kappa shape index (κ1) is 13.5. The van der Waals surface area contributed by atoms with Crippen molar-refractivity contribution in [3.63, 3.8) is 0 Å². The summed E-state index contributed by atoms with van der Waals surface area (Å²) in [7, 11) is -1.65. The molecule has 0 aromatic rings. The maximum atomic E-state index is 6.81. The van der Waals surface area contributed by atoms with Crippen molar-refractivity contribution in [1.82, 2.24) is 4.57 Å². The van der Waals surface area contributed by atoms with Gasteiger partial charge in [0.15, 0.2) is 0 Å². The lowest BCUT2D eigenvalue weighted by Crippen LogP contribution is -2.51. The fraction of sp³-hybridized carbons (Fsp3) is 1.00. The van der Waals surface area contributed by atoms with Crippen LogP contribution < -0.4 is 0 Å². The Morgan fingerprint density at radius 2 is 1.62 bits per heavy atom. The van der Waals surface area contributed by atoms with Gasteiger partial charge in [-0.2, -0.15) is 0 Å². The van der Waals surface area contributed by atoms with E-state index in [9.17, 15) is 0 Å². The molecule has 3 heteroatoms. The van der Waals surface area contributed by atoms with Crippen molar-refractivity contribution in [2.75, 3.05) is 13.1 Å². The van der Waals surface area contributed by atoms with E-state index >= 15 is 0 Å². The van der Waals surface area contributed by atoms with Crippen molar-refractivity contribution >= 4 is 18.6 Å². The highest BCUT2D eigenvalue weighted by Crippen LogP contribution is 2.34. The molecule has 80 valence electrons. The van der Waals surface area contributed by atoms with E-state index in [1.807, 2.05) is 0 Å². The number of hydrogen-bond donors (Lipinski definition) is 0. The normalized spacial score (nSPS) is 18.7. The molecule has 0 rings (SSSR count). The third-order valence-corrected chi connectivity index (χ3v) is 10.4. The minimum Gasteiger partial charge on any atom is -0.312 e. The van der Waals surface area contributed by atoms with Gasteiger partial charge in [-0.05, 0) is 24.7 Å². The molecule has 0 aliphatic carbocycles. The molecule has 0 aliphatic heterocycles. The van der Waals surface area contributed by atoms with Gasteiger partial charge in [0.1, 0.15) is 0 Å². The summed E-state index contributed by atoms with van der Waals surface area (Å²) in [6.07, 6.45) is 1.21. The second-order valence-corrected chi connectivity index (χ2v) is 9.58. The van der Waals surface area contributed by atoms with Gasteiger partial charge in [-0.3, -0.25) is 0 Å². The zero-order valence-corrected chi connectivity index (χ0v) is 11.5. The van der Waals surface area contributed by atoms with Gasteiger partial charge in [0.2, 0.25) is 7.55 Å². The molecule has 13 heavy (non-hydrogen) atoms. The summed E-state index contributed by atoms with van der Waals surface area (Å²) in [5.41, 5.74) is 0.694. The van der Waals surface area contributed by atoms with Crippen LogP contribution in [0.3, 0.4) is 0 Å². The van der Waals surface area contributed by atoms with E-state index in [0.717, 1.165) is 19.1 Å². The third-order valence-electron chi connectivity index (χ3n) is 3.15. The van der Waals surface area contributed by atoms with Crippen LogP contribution in [0.25, 0.3) is 0 Å². The van der Waals surface area contributed by atoms with E-state index in [0.29, 0.717) is 5.54 Å². The average Bonchev–Trinajstić information content (AvgIpc) is 2.17. The molecule has 2 unspecified atom stereocenters. The average molecular weight is 222 g/mol. The maximum absolute atomic E-state index is 6.81. The molecule has 0 saturated carbocycles. The van der Waals surface area contributed by atoms with Crippen molar-refractivity contribution < 1.29 is 0 Å². The smallest absolute Gasteiger partial charge is 0.231 e. The number of nitrogens with zero attached hydrogens (tertiary/aromatic N) is 1. The Kier molecular flexibility index (Phi) is 6.26. The highest BCUT2D eigenvalue weighted by atomic mass is 35.6. The molecule has 0 aromatic heterocycles.